The highest BCUT2D eigenvalue weighted by Gasteiger charge is 2.30. The number of carboxylic acid groups (broad SMARTS) is 1. The zero-order valence-corrected chi connectivity index (χ0v) is 12.5. The molecule has 21 heavy (non-hydrogen) atoms. The predicted octanol–water partition coefficient (Wildman–Crippen LogP) is 0.385. The summed E-state index contributed by atoms with van der Waals surface area (Å²) in [5.74, 6) is -1.32. The number of aliphatic carboxylic acids is 1. The third-order valence-corrected chi connectivity index (χ3v) is 3.41. The van der Waals surface area contributed by atoms with E-state index in [0.717, 1.165) is 12.8 Å². The van der Waals surface area contributed by atoms with Crippen molar-refractivity contribution < 1.29 is 24.2 Å². The summed E-state index contributed by atoms with van der Waals surface area (Å²) in [5, 5.41) is 11.2. The number of carbonyl (C=O) groups is 3. The molecule has 0 radical (unpaired) electrons. The number of carboxylic acids is 1. The highest BCUT2D eigenvalue weighted by Crippen LogP contribution is 2.17. The SMILES string of the molecule is CCOC(=O)C1CCCCN1CC(=O)NCCCC(=O)O. The Morgan fingerprint density at radius 1 is 1.33 bits per heavy atom. The van der Waals surface area contributed by atoms with E-state index in [9.17, 15) is 14.4 Å². The smallest absolute Gasteiger partial charge is 0.323 e. The molecule has 0 aromatic carbocycles. The van der Waals surface area contributed by atoms with Crippen LogP contribution in [0.4, 0.5) is 0 Å². The van der Waals surface area contributed by atoms with E-state index >= 15 is 0 Å². The second-order valence-electron chi connectivity index (χ2n) is 5.08. The van der Waals surface area contributed by atoms with Crippen molar-refractivity contribution in [2.24, 2.45) is 0 Å². The lowest BCUT2D eigenvalue weighted by atomic mass is 10.0. The summed E-state index contributed by atoms with van der Waals surface area (Å²) in [7, 11) is 0. The molecule has 0 saturated carbocycles. The van der Waals surface area contributed by atoms with Gasteiger partial charge >= 0.3 is 11.9 Å². The van der Waals surface area contributed by atoms with Crippen LogP contribution in [0.5, 0.6) is 0 Å². The molecule has 1 heterocycles. The summed E-state index contributed by atoms with van der Waals surface area (Å²) in [6, 6.07) is -0.344. The molecule has 1 unspecified atom stereocenters. The van der Waals surface area contributed by atoms with Crippen molar-refractivity contribution in [3.8, 4) is 0 Å². The molecule has 0 aliphatic carbocycles. The van der Waals surface area contributed by atoms with Crippen LogP contribution >= 0.6 is 0 Å². The molecule has 120 valence electrons. The fourth-order valence-corrected chi connectivity index (χ4v) is 2.39. The topological polar surface area (TPSA) is 95.9 Å². The molecule has 1 amide bonds. The molecule has 0 spiro atoms. The van der Waals surface area contributed by atoms with Gasteiger partial charge in [0.2, 0.25) is 5.91 Å². The first-order chi connectivity index (χ1) is 10.0. The Balaban J connectivity index is 2.37. The first kappa shape index (κ1) is 17.4. The predicted molar refractivity (Wildman–Crippen MR) is 75.7 cm³/mol. The molecular formula is C14H24N2O5. The van der Waals surface area contributed by atoms with E-state index in [2.05, 4.69) is 5.32 Å². The molecule has 1 fully saturated rings. The average molecular weight is 300 g/mol. The Morgan fingerprint density at radius 2 is 2.10 bits per heavy atom. The van der Waals surface area contributed by atoms with Crippen LogP contribution in [0.3, 0.4) is 0 Å². The van der Waals surface area contributed by atoms with Gasteiger partial charge in [0, 0.05) is 13.0 Å². The van der Waals surface area contributed by atoms with Crippen molar-refractivity contribution >= 4 is 17.8 Å². The van der Waals surface area contributed by atoms with Gasteiger partial charge in [-0.2, -0.15) is 0 Å². The minimum absolute atomic E-state index is 0.0371. The number of carbonyl (C=O) groups excluding carboxylic acids is 2. The zero-order chi connectivity index (χ0) is 15.7. The van der Waals surface area contributed by atoms with Crippen LogP contribution in [-0.2, 0) is 19.1 Å². The molecule has 0 bridgehead atoms. The van der Waals surface area contributed by atoms with E-state index in [1.54, 1.807) is 6.92 Å². The van der Waals surface area contributed by atoms with Gasteiger partial charge in [-0.05, 0) is 32.7 Å². The van der Waals surface area contributed by atoms with Gasteiger partial charge in [-0.15, -0.1) is 0 Å². The van der Waals surface area contributed by atoms with E-state index in [1.165, 1.54) is 0 Å². The van der Waals surface area contributed by atoms with E-state index in [0.29, 0.717) is 32.5 Å². The Labute approximate surface area is 124 Å². The van der Waals surface area contributed by atoms with Gasteiger partial charge in [0.25, 0.3) is 0 Å². The summed E-state index contributed by atoms with van der Waals surface area (Å²) in [6.07, 6.45) is 3.07. The second-order valence-corrected chi connectivity index (χ2v) is 5.08. The van der Waals surface area contributed by atoms with Crippen LogP contribution < -0.4 is 5.32 Å². The number of hydrogen-bond acceptors (Lipinski definition) is 5. The molecule has 1 atom stereocenters. The highest BCUT2D eigenvalue weighted by molar-refractivity contribution is 5.80. The monoisotopic (exact) mass is 300 g/mol. The van der Waals surface area contributed by atoms with Crippen molar-refractivity contribution in [1.82, 2.24) is 10.2 Å². The molecular weight excluding hydrogens is 276 g/mol. The first-order valence-electron chi connectivity index (χ1n) is 7.43. The van der Waals surface area contributed by atoms with E-state index in [4.69, 9.17) is 9.84 Å². The van der Waals surface area contributed by atoms with Gasteiger partial charge in [0.05, 0.1) is 13.2 Å². The third kappa shape index (κ3) is 6.57. The van der Waals surface area contributed by atoms with Crippen LogP contribution in [0.1, 0.15) is 39.0 Å². The molecule has 1 rings (SSSR count). The van der Waals surface area contributed by atoms with Crippen LogP contribution in [0, 0.1) is 0 Å². The lowest BCUT2D eigenvalue weighted by Gasteiger charge is -2.33. The van der Waals surface area contributed by atoms with Crippen molar-refractivity contribution in [2.45, 2.75) is 45.1 Å². The molecule has 1 aliphatic rings. The van der Waals surface area contributed by atoms with Gasteiger partial charge in [0.15, 0.2) is 0 Å². The number of rotatable bonds is 8. The molecule has 2 N–H and O–H groups in total. The van der Waals surface area contributed by atoms with E-state index < -0.39 is 5.97 Å². The standard InChI is InChI=1S/C14H24N2O5/c1-2-21-14(20)11-6-3-4-9-16(11)10-12(17)15-8-5-7-13(18)19/h11H,2-10H2,1H3,(H,15,17)(H,18,19). The minimum Gasteiger partial charge on any atom is -0.481 e. The lowest BCUT2D eigenvalue weighted by molar-refractivity contribution is -0.151. The van der Waals surface area contributed by atoms with Crippen molar-refractivity contribution in [2.75, 3.05) is 26.2 Å². The Bertz CT molecular complexity index is 372. The van der Waals surface area contributed by atoms with Gasteiger partial charge < -0.3 is 15.2 Å². The van der Waals surface area contributed by atoms with Crippen LogP contribution in [-0.4, -0.2) is 60.1 Å². The van der Waals surface area contributed by atoms with E-state index in [1.807, 2.05) is 4.90 Å². The van der Waals surface area contributed by atoms with Gasteiger partial charge in [-0.1, -0.05) is 6.42 Å². The van der Waals surface area contributed by atoms with Gasteiger partial charge in [-0.25, -0.2) is 0 Å². The highest BCUT2D eigenvalue weighted by atomic mass is 16.5. The fourth-order valence-electron chi connectivity index (χ4n) is 2.39. The number of piperidine rings is 1. The molecule has 1 aliphatic heterocycles. The molecule has 7 nitrogen and oxygen atoms in total. The first-order valence-corrected chi connectivity index (χ1v) is 7.43. The third-order valence-electron chi connectivity index (χ3n) is 3.41. The summed E-state index contributed by atoms with van der Waals surface area (Å²) < 4.78 is 5.04. The maximum atomic E-state index is 11.9. The summed E-state index contributed by atoms with van der Waals surface area (Å²) in [4.78, 5) is 35.9. The lowest BCUT2D eigenvalue weighted by Crippen LogP contribution is -2.49. The number of nitrogens with zero attached hydrogens (tertiary/aromatic N) is 1. The van der Waals surface area contributed by atoms with Crippen molar-refractivity contribution in [1.29, 1.82) is 0 Å². The number of likely N-dealkylation sites (tertiary alicyclic amines) is 1. The number of amides is 1. The summed E-state index contributed by atoms with van der Waals surface area (Å²) in [5.41, 5.74) is 0. The van der Waals surface area contributed by atoms with Gasteiger partial charge in [-0.3, -0.25) is 19.3 Å². The molecule has 7 heteroatoms. The summed E-state index contributed by atoms with van der Waals surface area (Å²) in [6.45, 7) is 3.29. The minimum atomic E-state index is -0.873. The van der Waals surface area contributed by atoms with E-state index in [-0.39, 0.29) is 30.9 Å². The summed E-state index contributed by atoms with van der Waals surface area (Å²) >= 11 is 0. The molecule has 0 aromatic heterocycles. The maximum absolute atomic E-state index is 11.9. The normalized spacial score (nSPS) is 19.0. The number of nitrogens with one attached hydrogen (secondary N) is 1. The average Bonchev–Trinajstić information content (AvgIpc) is 2.44. The fraction of sp³-hybridized carbons (Fsp3) is 0.786. The second kappa shape index (κ2) is 9.33. The van der Waals surface area contributed by atoms with Crippen LogP contribution in [0.25, 0.3) is 0 Å². The Kier molecular flexibility index (Phi) is 7.74. The number of esters is 1. The number of hydrogen-bond donors (Lipinski definition) is 2. The van der Waals surface area contributed by atoms with Crippen LogP contribution in [0.15, 0.2) is 0 Å². The van der Waals surface area contributed by atoms with Crippen LogP contribution in [0.2, 0.25) is 0 Å². The van der Waals surface area contributed by atoms with Gasteiger partial charge in [0.1, 0.15) is 6.04 Å². The Morgan fingerprint density at radius 3 is 2.76 bits per heavy atom. The zero-order valence-electron chi connectivity index (χ0n) is 12.5. The number of ether oxygens (including phenoxy) is 1. The molecule has 1 saturated heterocycles. The molecule has 0 aromatic rings. The maximum Gasteiger partial charge on any atom is 0.323 e. The Hall–Kier alpha value is -1.63. The quantitative estimate of drug-likeness (QED) is 0.497. The van der Waals surface area contributed by atoms with Crippen molar-refractivity contribution in [3.05, 3.63) is 0 Å². The largest absolute Gasteiger partial charge is 0.481 e. The van der Waals surface area contributed by atoms with Crippen molar-refractivity contribution in [3.63, 3.8) is 0 Å².